The highest BCUT2D eigenvalue weighted by atomic mass is 13.9. The largest absolute Gasteiger partial charge is 0.0880 e. The molecule has 15 heavy (non-hydrogen) atoms. The predicted octanol–water partition coefficient (Wildman–Crippen LogP) is 4.86. The first kappa shape index (κ1) is 14.0. The maximum Gasteiger partial charge on any atom is -0.00975 e. The quantitative estimate of drug-likeness (QED) is 0.614. The van der Waals surface area contributed by atoms with E-state index < -0.39 is 0 Å². The van der Waals surface area contributed by atoms with Crippen molar-refractivity contribution in [2.75, 3.05) is 0 Å². The molecule has 0 nitrogen and oxygen atoms in total. The van der Waals surface area contributed by atoms with Crippen LogP contribution in [0.4, 0.5) is 0 Å². The van der Waals surface area contributed by atoms with Crippen LogP contribution < -0.4 is 0 Å². The van der Waals surface area contributed by atoms with Crippen molar-refractivity contribution < 1.29 is 0 Å². The van der Waals surface area contributed by atoms with Crippen LogP contribution in [-0.2, 0) is 6.42 Å². The number of hydrogen-bond donors (Lipinski definition) is 0. The number of hydrogen-bond acceptors (Lipinski definition) is 0. The fourth-order valence-corrected chi connectivity index (χ4v) is 1.20. The van der Waals surface area contributed by atoms with Gasteiger partial charge in [0.25, 0.3) is 0 Å². The zero-order valence-corrected chi connectivity index (χ0v) is 10.5. The predicted molar refractivity (Wildman–Crippen MR) is 70.1 cm³/mol. The molecular formula is C15H24. The van der Waals surface area contributed by atoms with E-state index in [-0.39, 0.29) is 0 Å². The number of benzene rings is 1. The van der Waals surface area contributed by atoms with E-state index in [1.54, 1.807) is 0 Å². The summed E-state index contributed by atoms with van der Waals surface area (Å²) in [5, 5.41) is 0. The van der Waals surface area contributed by atoms with Crippen molar-refractivity contribution in [1.29, 1.82) is 0 Å². The third-order valence-corrected chi connectivity index (χ3v) is 1.97. The molecule has 1 aromatic carbocycles. The number of allylic oxidation sites excluding steroid dienone is 2. The number of rotatable bonds is 4. The highest BCUT2D eigenvalue weighted by Crippen LogP contribution is 2.03. The molecule has 0 saturated heterocycles. The molecule has 0 unspecified atom stereocenters. The molecule has 0 amide bonds. The van der Waals surface area contributed by atoms with Gasteiger partial charge in [0, 0.05) is 0 Å². The molecule has 0 N–H and O–H groups in total. The Morgan fingerprint density at radius 3 is 2.13 bits per heavy atom. The van der Waals surface area contributed by atoms with Crippen molar-refractivity contribution in [3.63, 3.8) is 0 Å². The van der Waals surface area contributed by atoms with Gasteiger partial charge in [-0.25, -0.2) is 0 Å². The first-order valence-corrected chi connectivity index (χ1v) is 5.98. The molecule has 0 heteroatoms. The standard InChI is InChI=1S/C13H18.C2H6/c1-12(2)8-6-7-11-13-9-4-3-5-10-13;1-2/h3-7,9-10,12H,8,11H2,1-2H3;1-2H3/b7-6+;. The summed E-state index contributed by atoms with van der Waals surface area (Å²) in [5.74, 6) is 0.770. The fraction of sp³-hybridized carbons (Fsp3) is 0.467. The van der Waals surface area contributed by atoms with Crippen LogP contribution in [-0.4, -0.2) is 0 Å². The van der Waals surface area contributed by atoms with Gasteiger partial charge >= 0.3 is 0 Å². The van der Waals surface area contributed by atoms with Gasteiger partial charge in [-0.3, -0.25) is 0 Å². The average Bonchev–Trinajstić information content (AvgIpc) is 2.28. The van der Waals surface area contributed by atoms with Crippen molar-refractivity contribution in [2.45, 2.75) is 40.5 Å². The maximum absolute atomic E-state index is 2.28. The molecule has 0 saturated carbocycles. The van der Waals surface area contributed by atoms with Gasteiger partial charge in [-0.05, 0) is 24.3 Å². The summed E-state index contributed by atoms with van der Waals surface area (Å²) in [6, 6.07) is 10.6. The van der Waals surface area contributed by atoms with Crippen LogP contribution in [0.2, 0.25) is 0 Å². The van der Waals surface area contributed by atoms with Crippen LogP contribution in [0.5, 0.6) is 0 Å². The van der Waals surface area contributed by atoms with Crippen LogP contribution in [0.1, 0.15) is 39.7 Å². The van der Waals surface area contributed by atoms with Crippen LogP contribution in [0.25, 0.3) is 0 Å². The molecule has 0 aliphatic heterocycles. The molecule has 0 aromatic heterocycles. The molecule has 0 spiro atoms. The average molecular weight is 204 g/mol. The van der Waals surface area contributed by atoms with Gasteiger partial charge in [-0.2, -0.15) is 0 Å². The zero-order chi connectivity index (χ0) is 11.5. The third kappa shape index (κ3) is 7.99. The second kappa shape index (κ2) is 9.51. The lowest BCUT2D eigenvalue weighted by molar-refractivity contribution is 0.663. The molecule has 84 valence electrons. The maximum atomic E-state index is 2.28. The lowest BCUT2D eigenvalue weighted by atomic mass is 10.1. The fourth-order valence-electron chi connectivity index (χ4n) is 1.20. The minimum Gasteiger partial charge on any atom is -0.0880 e. The van der Waals surface area contributed by atoms with Crippen molar-refractivity contribution in [3.05, 3.63) is 48.0 Å². The monoisotopic (exact) mass is 204 g/mol. The molecule has 0 fully saturated rings. The highest BCUT2D eigenvalue weighted by Gasteiger charge is 1.88. The smallest absolute Gasteiger partial charge is 0.00975 e. The molecule has 0 atom stereocenters. The lowest BCUT2D eigenvalue weighted by Gasteiger charge is -1.97. The van der Waals surface area contributed by atoms with Crippen LogP contribution in [0.3, 0.4) is 0 Å². The van der Waals surface area contributed by atoms with E-state index in [2.05, 4.69) is 56.3 Å². The van der Waals surface area contributed by atoms with Gasteiger partial charge in [-0.15, -0.1) is 0 Å². The van der Waals surface area contributed by atoms with E-state index in [4.69, 9.17) is 0 Å². The first-order chi connectivity index (χ1) is 7.29. The van der Waals surface area contributed by atoms with Gasteiger partial charge in [0.1, 0.15) is 0 Å². The van der Waals surface area contributed by atoms with E-state index in [0.29, 0.717) is 0 Å². The summed E-state index contributed by atoms with van der Waals surface area (Å²) in [6.45, 7) is 8.49. The van der Waals surface area contributed by atoms with Gasteiger partial charge < -0.3 is 0 Å². The van der Waals surface area contributed by atoms with Crippen molar-refractivity contribution >= 4 is 0 Å². The summed E-state index contributed by atoms with van der Waals surface area (Å²) in [7, 11) is 0. The minimum atomic E-state index is 0.770. The highest BCUT2D eigenvalue weighted by molar-refractivity contribution is 5.17. The zero-order valence-electron chi connectivity index (χ0n) is 10.5. The van der Waals surface area contributed by atoms with Gasteiger partial charge in [0.15, 0.2) is 0 Å². The Morgan fingerprint density at radius 2 is 1.60 bits per heavy atom. The van der Waals surface area contributed by atoms with Gasteiger partial charge in [0.2, 0.25) is 0 Å². The lowest BCUT2D eigenvalue weighted by Crippen LogP contribution is -1.83. The van der Waals surface area contributed by atoms with Crippen LogP contribution >= 0.6 is 0 Å². The van der Waals surface area contributed by atoms with E-state index >= 15 is 0 Å². The topological polar surface area (TPSA) is 0 Å². The van der Waals surface area contributed by atoms with Gasteiger partial charge in [-0.1, -0.05) is 70.2 Å². The van der Waals surface area contributed by atoms with E-state index in [1.165, 1.54) is 12.0 Å². The molecule has 1 aromatic rings. The Morgan fingerprint density at radius 1 is 1.00 bits per heavy atom. The Hall–Kier alpha value is -1.04. The molecule has 0 aliphatic carbocycles. The second-order valence-electron chi connectivity index (χ2n) is 3.79. The van der Waals surface area contributed by atoms with Gasteiger partial charge in [0.05, 0.1) is 0 Å². The molecule has 0 heterocycles. The van der Waals surface area contributed by atoms with E-state index in [0.717, 1.165) is 12.3 Å². The molecule has 1 rings (SSSR count). The Labute approximate surface area is 95.0 Å². The van der Waals surface area contributed by atoms with Crippen molar-refractivity contribution in [1.82, 2.24) is 0 Å². The summed E-state index contributed by atoms with van der Waals surface area (Å²) in [5.41, 5.74) is 1.39. The molecular weight excluding hydrogens is 180 g/mol. The Kier molecular flexibility index (Phi) is 8.85. The van der Waals surface area contributed by atoms with Crippen molar-refractivity contribution in [3.8, 4) is 0 Å². The third-order valence-electron chi connectivity index (χ3n) is 1.97. The summed E-state index contributed by atoms with van der Waals surface area (Å²) in [4.78, 5) is 0. The SMILES string of the molecule is CC.CC(C)C/C=C/Cc1ccccc1. The van der Waals surface area contributed by atoms with Crippen LogP contribution in [0.15, 0.2) is 42.5 Å². The van der Waals surface area contributed by atoms with Crippen LogP contribution in [0, 0.1) is 5.92 Å². The Balaban J connectivity index is 0.000000921. The molecule has 0 bridgehead atoms. The minimum absolute atomic E-state index is 0.770. The Bertz CT molecular complexity index is 244. The molecule has 0 aliphatic rings. The van der Waals surface area contributed by atoms with E-state index in [9.17, 15) is 0 Å². The summed E-state index contributed by atoms with van der Waals surface area (Å²) in [6.07, 6.45) is 6.79. The second-order valence-corrected chi connectivity index (χ2v) is 3.79. The first-order valence-electron chi connectivity index (χ1n) is 5.98. The summed E-state index contributed by atoms with van der Waals surface area (Å²) < 4.78 is 0. The summed E-state index contributed by atoms with van der Waals surface area (Å²) >= 11 is 0. The van der Waals surface area contributed by atoms with Crippen molar-refractivity contribution in [2.24, 2.45) is 5.92 Å². The van der Waals surface area contributed by atoms with E-state index in [1.807, 2.05) is 13.8 Å². The molecule has 0 radical (unpaired) electrons. The normalized spacial score (nSPS) is 10.2.